The van der Waals surface area contributed by atoms with Crippen molar-refractivity contribution in [2.24, 2.45) is 7.05 Å². The van der Waals surface area contributed by atoms with Gasteiger partial charge in [-0.3, -0.25) is 19.2 Å². The second-order valence-electron chi connectivity index (χ2n) is 3.80. The van der Waals surface area contributed by atoms with Gasteiger partial charge in [-0.15, -0.1) is 0 Å². The molecular formula is C10H14N4O2. The summed E-state index contributed by atoms with van der Waals surface area (Å²) in [7, 11) is 1.77. The summed E-state index contributed by atoms with van der Waals surface area (Å²) in [5, 5.41) is 6.79. The fourth-order valence-corrected chi connectivity index (χ4v) is 1.73. The Hall–Kier alpha value is -1.85. The van der Waals surface area contributed by atoms with E-state index in [1.54, 1.807) is 24.0 Å². The lowest BCUT2D eigenvalue weighted by Gasteiger charge is -2.30. The maximum Gasteiger partial charge on any atom is 0.251 e. The summed E-state index contributed by atoms with van der Waals surface area (Å²) < 4.78 is 1.61. The number of hydrogen-bond donors (Lipinski definition) is 1. The van der Waals surface area contributed by atoms with Crippen LogP contribution >= 0.6 is 0 Å². The van der Waals surface area contributed by atoms with Crippen LogP contribution in [0.3, 0.4) is 0 Å². The Morgan fingerprint density at radius 2 is 2.31 bits per heavy atom. The van der Waals surface area contributed by atoms with Crippen LogP contribution in [-0.2, 0) is 16.6 Å². The molecule has 2 amide bonds. The van der Waals surface area contributed by atoms with Gasteiger partial charge in [0.1, 0.15) is 12.6 Å². The van der Waals surface area contributed by atoms with Crippen LogP contribution in [0.4, 0.5) is 5.82 Å². The number of rotatable bonds is 2. The molecule has 6 nitrogen and oxygen atoms in total. The SMILES string of the molecule is CCC1NC(=O)CN(c2ccn(C)n2)C1=O. The first-order valence-electron chi connectivity index (χ1n) is 5.22. The number of hydrogen-bond acceptors (Lipinski definition) is 3. The molecule has 1 N–H and O–H groups in total. The molecule has 0 spiro atoms. The molecule has 0 bridgehead atoms. The van der Waals surface area contributed by atoms with Gasteiger partial charge in [-0.25, -0.2) is 0 Å². The smallest absolute Gasteiger partial charge is 0.251 e. The molecule has 86 valence electrons. The van der Waals surface area contributed by atoms with Crippen molar-refractivity contribution >= 4 is 17.6 Å². The largest absolute Gasteiger partial charge is 0.343 e. The summed E-state index contributed by atoms with van der Waals surface area (Å²) in [6.45, 7) is 1.91. The number of piperazine rings is 1. The first-order chi connectivity index (χ1) is 7.61. The Balaban J connectivity index is 2.26. The first kappa shape index (κ1) is 10.7. The monoisotopic (exact) mass is 222 g/mol. The van der Waals surface area contributed by atoms with Crippen LogP contribution in [0.1, 0.15) is 13.3 Å². The highest BCUT2D eigenvalue weighted by atomic mass is 16.2. The number of amides is 2. The normalized spacial score (nSPS) is 21.1. The van der Waals surface area contributed by atoms with Crippen molar-refractivity contribution in [2.45, 2.75) is 19.4 Å². The van der Waals surface area contributed by atoms with Crippen LogP contribution in [-0.4, -0.2) is 34.2 Å². The van der Waals surface area contributed by atoms with E-state index >= 15 is 0 Å². The molecule has 0 radical (unpaired) electrons. The van der Waals surface area contributed by atoms with Crippen LogP contribution < -0.4 is 10.2 Å². The van der Waals surface area contributed by atoms with Crippen molar-refractivity contribution in [3.05, 3.63) is 12.3 Å². The number of aromatic nitrogens is 2. The van der Waals surface area contributed by atoms with E-state index < -0.39 is 6.04 Å². The van der Waals surface area contributed by atoms with Crippen molar-refractivity contribution in [1.29, 1.82) is 0 Å². The molecule has 2 rings (SSSR count). The van der Waals surface area contributed by atoms with Crippen LogP contribution in [0.15, 0.2) is 12.3 Å². The Labute approximate surface area is 93.2 Å². The highest BCUT2D eigenvalue weighted by molar-refractivity contribution is 6.05. The zero-order valence-electron chi connectivity index (χ0n) is 9.30. The van der Waals surface area contributed by atoms with Crippen LogP contribution in [0.25, 0.3) is 0 Å². The molecule has 0 aliphatic carbocycles. The van der Waals surface area contributed by atoms with Gasteiger partial charge < -0.3 is 5.32 Å². The lowest BCUT2D eigenvalue weighted by Crippen LogP contribution is -2.58. The third kappa shape index (κ3) is 1.78. The molecule has 0 saturated carbocycles. The summed E-state index contributed by atoms with van der Waals surface area (Å²) >= 11 is 0. The Morgan fingerprint density at radius 1 is 1.56 bits per heavy atom. The van der Waals surface area contributed by atoms with Gasteiger partial charge in [0.2, 0.25) is 5.91 Å². The Kier molecular flexibility index (Phi) is 2.64. The van der Waals surface area contributed by atoms with Gasteiger partial charge in [0, 0.05) is 19.3 Å². The highest BCUT2D eigenvalue weighted by Crippen LogP contribution is 2.15. The number of aryl methyl sites for hydroxylation is 1. The molecule has 2 heterocycles. The van der Waals surface area contributed by atoms with Gasteiger partial charge >= 0.3 is 0 Å². The van der Waals surface area contributed by atoms with Crippen molar-refractivity contribution in [3.8, 4) is 0 Å². The fraction of sp³-hybridized carbons (Fsp3) is 0.500. The fourth-order valence-electron chi connectivity index (χ4n) is 1.73. The molecule has 6 heteroatoms. The number of nitrogens with one attached hydrogen (secondary N) is 1. The van der Waals surface area contributed by atoms with Gasteiger partial charge in [-0.1, -0.05) is 6.92 Å². The topological polar surface area (TPSA) is 67.2 Å². The zero-order valence-corrected chi connectivity index (χ0v) is 9.30. The Bertz CT molecular complexity index is 426. The van der Waals surface area contributed by atoms with Gasteiger partial charge in [0.25, 0.3) is 5.91 Å². The van der Waals surface area contributed by atoms with Gasteiger partial charge in [-0.2, -0.15) is 5.10 Å². The van der Waals surface area contributed by atoms with Crippen molar-refractivity contribution in [3.63, 3.8) is 0 Å². The maximum atomic E-state index is 12.0. The summed E-state index contributed by atoms with van der Waals surface area (Å²) in [6, 6.07) is 1.30. The van der Waals surface area contributed by atoms with E-state index in [0.717, 1.165) is 0 Å². The average molecular weight is 222 g/mol. The molecule has 1 atom stereocenters. The first-order valence-corrected chi connectivity index (χ1v) is 5.22. The van der Waals surface area contributed by atoms with Crippen molar-refractivity contribution < 1.29 is 9.59 Å². The minimum atomic E-state index is -0.428. The van der Waals surface area contributed by atoms with Crippen LogP contribution in [0.2, 0.25) is 0 Å². The predicted octanol–water partition coefficient (Wildman–Crippen LogP) is -0.339. The highest BCUT2D eigenvalue weighted by Gasteiger charge is 2.33. The number of carbonyl (C=O) groups excluding carboxylic acids is 2. The molecule has 1 aromatic rings. The van der Waals surface area contributed by atoms with E-state index in [1.807, 2.05) is 6.92 Å². The quantitative estimate of drug-likeness (QED) is 0.744. The summed E-state index contributed by atoms with van der Waals surface area (Å²) in [5.41, 5.74) is 0. The van der Waals surface area contributed by atoms with E-state index in [-0.39, 0.29) is 18.4 Å². The second kappa shape index (κ2) is 3.96. The number of anilines is 1. The van der Waals surface area contributed by atoms with E-state index in [1.165, 1.54) is 4.90 Å². The summed E-state index contributed by atoms with van der Waals surface area (Å²) in [6.07, 6.45) is 2.34. The zero-order chi connectivity index (χ0) is 11.7. The standard InChI is InChI=1S/C10H14N4O2/c1-3-7-10(16)14(6-9(15)11-7)8-4-5-13(2)12-8/h4-5,7H,3,6H2,1-2H3,(H,11,15). The van der Waals surface area contributed by atoms with Crippen molar-refractivity contribution in [2.75, 3.05) is 11.4 Å². The van der Waals surface area contributed by atoms with E-state index in [2.05, 4.69) is 10.4 Å². The molecular weight excluding hydrogens is 208 g/mol. The molecule has 1 aromatic heterocycles. The second-order valence-corrected chi connectivity index (χ2v) is 3.80. The minimum Gasteiger partial charge on any atom is -0.343 e. The van der Waals surface area contributed by atoms with Crippen LogP contribution in [0, 0.1) is 0 Å². The van der Waals surface area contributed by atoms with E-state index in [0.29, 0.717) is 12.2 Å². The third-order valence-electron chi connectivity index (χ3n) is 2.59. The predicted molar refractivity (Wildman–Crippen MR) is 57.8 cm³/mol. The number of nitrogens with zero attached hydrogens (tertiary/aromatic N) is 3. The van der Waals surface area contributed by atoms with Crippen LogP contribution in [0.5, 0.6) is 0 Å². The lowest BCUT2D eigenvalue weighted by atomic mass is 10.1. The van der Waals surface area contributed by atoms with E-state index in [4.69, 9.17) is 0 Å². The average Bonchev–Trinajstić information content (AvgIpc) is 2.67. The van der Waals surface area contributed by atoms with E-state index in [9.17, 15) is 9.59 Å². The molecule has 1 aliphatic heterocycles. The summed E-state index contributed by atoms with van der Waals surface area (Å²) in [4.78, 5) is 24.8. The maximum absolute atomic E-state index is 12.0. The minimum absolute atomic E-state index is 0.0480. The van der Waals surface area contributed by atoms with Gasteiger partial charge in [0.15, 0.2) is 5.82 Å². The molecule has 0 aromatic carbocycles. The summed E-state index contributed by atoms with van der Waals surface area (Å²) in [5.74, 6) is 0.290. The number of carbonyl (C=O) groups is 2. The molecule has 1 fully saturated rings. The van der Waals surface area contributed by atoms with Crippen molar-refractivity contribution in [1.82, 2.24) is 15.1 Å². The molecule has 16 heavy (non-hydrogen) atoms. The third-order valence-corrected chi connectivity index (χ3v) is 2.59. The van der Waals surface area contributed by atoms with Gasteiger partial charge in [0.05, 0.1) is 0 Å². The molecule has 1 saturated heterocycles. The molecule has 1 unspecified atom stereocenters. The Morgan fingerprint density at radius 3 is 2.88 bits per heavy atom. The van der Waals surface area contributed by atoms with Gasteiger partial charge in [-0.05, 0) is 6.42 Å². The molecule has 1 aliphatic rings. The lowest BCUT2D eigenvalue weighted by molar-refractivity contribution is -0.131.